The van der Waals surface area contributed by atoms with E-state index in [0.29, 0.717) is 13.1 Å². The third kappa shape index (κ3) is 6.54. The van der Waals surface area contributed by atoms with Crippen LogP contribution in [0, 0.1) is 13.8 Å². The van der Waals surface area contributed by atoms with Gasteiger partial charge in [-0.05, 0) is 52.1 Å². The van der Waals surface area contributed by atoms with E-state index in [1.807, 2.05) is 23.6 Å². The Hall–Kier alpha value is -2.08. The maximum absolute atomic E-state index is 12.6. The Bertz CT molecular complexity index is 634. The Labute approximate surface area is 162 Å². The van der Waals surface area contributed by atoms with Crippen LogP contribution in [0.1, 0.15) is 43.4 Å². The van der Waals surface area contributed by atoms with E-state index in [1.165, 1.54) is 16.7 Å². The SMILES string of the molecule is CCN(CC(=O)O)C1CCN(C(=O)NC(C)Cc2cc(C)cc(C)c2)CC1. The van der Waals surface area contributed by atoms with Crippen LogP contribution in [0.25, 0.3) is 0 Å². The number of carbonyl (C=O) groups excluding carboxylic acids is 1. The van der Waals surface area contributed by atoms with E-state index in [0.717, 1.165) is 25.8 Å². The number of rotatable bonds is 7. The van der Waals surface area contributed by atoms with Crippen LogP contribution in [0.3, 0.4) is 0 Å². The van der Waals surface area contributed by atoms with Crippen molar-refractivity contribution in [2.45, 2.75) is 59.0 Å². The van der Waals surface area contributed by atoms with Gasteiger partial charge in [-0.2, -0.15) is 0 Å². The number of urea groups is 1. The van der Waals surface area contributed by atoms with Crippen LogP contribution in [-0.4, -0.2) is 65.2 Å². The Kier molecular flexibility index (Phi) is 7.66. The molecular formula is C21H33N3O3. The highest BCUT2D eigenvalue weighted by Gasteiger charge is 2.27. The molecule has 0 spiro atoms. The lowest BCUT2D eigenvalue weighted by molar-refractivity contribution is -0.139. The third-order valence-electron chi connectivity index (χ3n) is 5.21. The van der Waals surface area contributed by atoms with Crippen LogP contribution in [-0.2, 0) is 11.2 Å². The highest BCUT2D eigenvalue weighted by Crippen LogP contribution is 2.17. The van der Waals surface area contributed by atoms with Gasteiger partial charge in [0, 0.05) is 25.2 Å². The van der Waals surface area contributed by atoms with Crippen LogP contribution >= 0.6 is 0 Å². The van der Waals surface area contributed by atoms with Gasteiger partial charge in [-0.25, -0.2) is 4.79 Å². The number of aryl methyl sites for hydroxylation is 2. The van der Waals surface area contributed by atoms with Crippen molar-refractivity contribution >= 4 is 12.0 Å². The number of carboxylic acid groups (broad SMARTS) is 1. The first kappa shape index (κ1) is 21.2. The minimum Gasteiger partial charge on any atom is -0.480 e. The van der Waals surface area contributed by atoms with Crippen LogP contribution in [0.4, 0.5) is 4.79 Å². The van der Waals surface area contributed by atoms with Crippen molar-refractivity contribution in [2.24, 2.45) is 0 Å². The molecule has 2 N–H and O–H groups in total. The summed E-state index contributed by atoms with van der Waals surface area (Å²) in [5.41, 5.74) is 3.73. The van der Waals surface area contributed by atoms with E-state index in [-0.39, 0.29) is 24.7 Å². The molecule has 1 fully saturated rings. The Morgan fingerprint density at radius 1 is 1.22 bits per heavy atom. The second-order valence-corrected chi connectivity index (χ2v) is 7.73. The topological polar surface area (TPSA) is 72.9 Å². The zero-order chi connectivity index (χ0) is 20.0. The van der Waals surface area contributed by atoms with Crippen molar-refractivity contribution in [3.63, 3.8) is 0 Å². The highest BCUT2D eigenvalue weighted by atomic mass is 16.4. The minimum absolute atomic E-state index is 0.0217. The maximum atomic E-state index is 12.6. The molecule has 0 radical (unpaired) electrons. The fourth-order valence-electron chi connectivity index (χ4n) is 4.00. The van der Waals surface area contributed by atoms with E-state index in [1.54, 1.807) is 0 Å². The second-order valence-electron chi connectivity index (χ2n) is 7.73. The van der Waals surface area contributed by atoms with Crippen molar-refractivity contribution in [1.82, 2.24) is 15.1 Å². The minimum atomic E-state index is -0.794. The average molecular weight is 376 g/mol. The molecule has 6 nitrogen and oxygen atoms in total. The Morgan fingerprint density at radius 3 is 2.33 bits per heavy atom. The fourth-order valence-corrected chi connectivity index (χ4v) is 4.00. The van der Waals surface area contributed by atoms with Crippen molar-refractivity contribution in [2.75, 3.05) is 26.2 Å². The molecule has 1 saturated heterocycles. The molecule has 2 rings (SSSR count). The first-order valence-corrected chi connectivity index (χ1v) is 9.87. The highest BCUT2D eigenvalue weighted by molar-refractivity contribution is 5.74. The number of carboxylic acids is 1. The summed E-state index contributed by atoms with van der Waals surface area (Å²) in [6.07, 6.45) is 2.45. The second kappa shape index (κ2) is 9.74. The summed E-state index contributed by atoms with van der Waals surface area (Å²) >= 11 is 0. The fraction of sp³-hybridized carbons (Fsp3) is 0.619. The van der Waals surface area contributed by atoms with Gasteiger partial charge in [0.25, 0.3) is 0 Å². The number of hydrogen-bond acceptors (Lipinski definition) is 3. The third-order valence-corrected chi connectivity index (χ3v) is 5.21. The molecule has 0 bridgehead atoms. The zero-order valence-electron chi connectivity index (χ0n) is 17.0. The van der Waals surface area contributed by atoms with Crippen LogP contribution in [0.5, 0.6) is 0 Å². The lowest BCUT2D eigenvalue weighted by atomic mass is 10.0. The zero-order valence-corrected chi connectivity index (χ0v) is 17.0. The normalized spacial score (nSPS) is 16.4. The van der Waals surface area contributed by atoms with Gasteiger partial charge in [0.2, 0.25) is 0 Å². The summed E-state index contributed by atoms with van der Waals surface area (Å²) in [6, 6.07) is 6.78. The van der Waals surface area contributed by atoms with Gasteiger partial charge in [0.15, 0.2) is 0 Å². The van der Waals surface area contributed by atoms with Crippen molar-refractivity contribution < 1.29 is 14.7 Å². The van der Waals surface area contributed by atoms with Crippen molar-refractivity contribution in [3.8, 4) is 0 Å². The lowest BCUT2D eigenvalue weighted by Gasteiger charge is -2.37. The average Bonchev–Trinajstić information content (AvgIpc) is 2.58. The molecule has 150 valence electrons. The summed E-state index contributed by atoms with van der Waals surface area (Å²) in [5, 5.41) is 12.1. The maximum Gasteiger partial charge on any atom is 0.317 e. The molecule has 0 aromatic heterocycles. The Morgan fingerprint density at radius 2 is 1.81 bits per heavy atom. The summed E-state index contributed by atoms with van der Waals surface area (Å²) in [4.78, 5) is 27.4. The smallest absolute Gasteiger partial charge is 0.317 e. The van der Waals surface area contributed by atoms with Crippen LogP contribution in [0.15, 0.2) is 18.2 Å². The molecule has 1 aliphatic heterocycles. The molecule has 1 unspecified atom stereocenters. The summed E-state index contributed by atoms with van der Waals surface area (Å²) in [5.74, 6) is -0.794. The predicted octanol–water partition coefficient (Wildman–Crippen LogP) is 2.81. The van der Waals surface area contributed by atoms with E-state index >= 15 is 0 Å². The number of hydrogen-bond donors (Lipinski definition) is 2. The molecule has 27 heavy (non-hydrogen) atoms. The van der Waals surface area contributed by atoms with Gasteiger partial charge in [0.1, 0.15) is 0 Å². The molecule has 2 amide bonds. The quantitative estimate of drug-likeness (QED) is 0.769. The molecular weight excluding hydrogens is 342 g/mol. The van der Waals surface area contributed by atoms with Gasteiger partial charge in [0.05, 0.1) is 6.54 Å². The molecule has 0 aliphatic carbocycles. The number of benzene rings is 1. The van der Waals surface area contributed by atoms with E-state index < -0.39 is 5.97 Å². The molecule has 0 saturated carbocycles. The molecule has 6 heteroatoms. The number of aliphatic carboxylic acids is 1. The summed E-state index contributed by atoms with van der Waals surface area (Å²) in [7, 11) is 0. The van der Waals surface area contributed by atoms with Crippen LogP contribution in [0.2, 0.25) is 0 Å². The lowest BCUT2D eigenvalue weighted by Crippen LogP contribution is -2.51. The first-order chi connectivity index (χ1) is 12.8. The first-order valence-electron chi connectivity index (χ1n) is 9.87. The molecule has 1 heterocycles. The monoisotopic (exact) mass is 375 g/mol. The number of carbonyl (C=O) groups is 2. The molecule has 1 aromatic carbocycles. The van der Waals surface area contributed by atoms with E-state index in [9.17, 15) is 9.59 Å². The standard InChI is InChI=1S/C21H33N3O3/c1-5-23(14-20(25)26)19-6-8-24(9-7-19)21(27)22-17(4)13-18-11-15(2)10-16(3)12-18/h10-12,17,19H,5-9,13-14H2,1-4H3,(H,22,27)(H,25,26). The van der Waals surface area contributed by atoms with Gasteiger partial charge >= 0.3 is 12.0 Å². The van der Waals surface area contributed by atoms with Gasteiger partial charge in [-0.3, -0.25) is 9.69 Å². The molecule has 1 aromatic rings. The number of likely N-dealkylation sites (N-methyl/N-ethyl adjacent to an activating group) is 1. The predicted molar refractivity (Wildman–Crippen MR) is 107 cm³/mol. The van der Waals surface area contributed by atoms with Gasteiger partial charge < -0.3 is 15.3 Å². The van der Waals surface area contributed by atoms with E-state index in [2.05, 4.69) is 37.4 Å². The number of nitrogens with one attached hydrogen (secondary N) is 1. The summed E-state index contributed by atoms with van der Waals surface area (Å²) < 4.78 is 0. The number of nitrogens with zero attached hydrogens (tertiary/aromatic N) is 2. The van der Waals surface area contributed by atoms with Crippen molar-refractivity contribution in [1.29, 1.82) is 0 Å². The van der Waals surface area contributed by atoms with Gasteiger partial charge in [-0.15, -0.1) is 0 Å². The number of likely N-dealkylation sites (tertiary alicyclic amines) is 1. The Balaban J connectivity index is 1.82. The summed E-state index contributed by atoms with van der Waals surface area (Å²) in [6.45, 7) is 10.3. The van der Waals surface area contributed by atoms with Crippen LogP contribution < -0.4 is 5.32 Å². The largest absolute Gasteiger partial charge is 0.480 e. The number of piperidine rings is 1. The number of amides is 2. The van der Waals surface area contributed by atoms with E-state index in [4.69, 9.17) is 5.11 Å². The van der Waals surface area contributed by atoms with Crippen molar-refractivity contribution in [3.05, 3.63) is 34.9 Å². The molecule has 1 aliphatic rings. The van der Waals surface area contributed by atoms with Gasteiger partial charge in [-0.1, -0.05) is 36.2 Å². The molecule has 1 atom stereocenters.